The zero-order valence-corrected chi connectivity index (χ0v) is 24.1. The molecule has 0 atom stereocenters. The Morgan fingerprint density at radius 3 is 2.48 bits per heavy atom. The van der Waals surface area contributed by atoms with E-state index in [9.17, 15) is 14.4 Å². The molecular formula is C31H38N4O4S. The van der Waals surface area contributed by atoms with E-state index in [0.29, 0.717) is 68.9 Å². The van der Waals surface area contributed by atoms with E-state index in [-0.39, 0.29) is 17.7 Å². The number of aryl methyl sites for hydroxylation is 2. The molecule has 1 fully saturated rings. The molecule has 2 N–H and O–H groups in total. The third-order valence-electron chi connectivity index (χ3n) is 8.01. The van der Waals surface area contributed by atoms with Crippen LogP contribution >= 0.6 is 11.3 Å². The number of piperidine rings is 1. The lowest BCUT2D eigenvalue weighted by atomic mass is 9.73. The number of nitrogens with zero attached hydrogens (tertiary/aromatic N) is 2. The number of aromatic nitrogens is 1. The van der Waals surface area contributed by atoms with E-state index in [1.54, 1.807) is 11.3 Å². The van der Waals surface area contributed by atoms with Crippen molar-refractivity contribution in [2.24, 2.45) is 5.41 Å². The highest BCUT2D eigenvalue weighted by molar-refractivity contribution is 7.14. The number of carbonyl (C=O) groups excluding carboxylic acids is 3. The molecule has 4 heterocycles. The van der Waals surface area contributed by atoms with Gasteiger partial charge in [-0.25, -0.2) is 0 Å². The number of fused-ring (bicyclic) bond motifs is 1. The molecule has 2 aromatic heterocycles. The molecule has 5 rings (SSSR count). The van der Waals surface area contributed by atoms with Gasteiger partial charge in [-0.3, -0.25) is 14.4 Å². The van der Waals surface area contributed by atoms with Gasteiger partial charge < -0.3 is 24.8 Å². The van der Waals surface area contributed by atoms with Gasteiger partial charge in [0, 0.05) is 43.4 Å². The minimum atomic E-state index is -0.518. The summed E-state index contributed by atoms with van der Waals surface area (Å²) >= 11 is 1.61. The summed E-state index contributed by atoms with van der Waals surface area (Å²) in [5.41, 5.74) is 1.77. The van der Waals surface area contributed by atoms with Crippen LogP contribution in [0.25, 0.3) is 5.00 Å². The molecule has 1 saturated heterocycles. The van der Waals surface area contributed by atoms with Crippen LogP contribution in [0.3, 0.4) is 0 Å². The Morgan fingerprint density at radius 1 is 0.950 bits per heavy atom. The fourth-order valence-electron chi connectivity index (χ4n) is 5.68. The van der Waals surface area contributed by atoms with Crippen LogP contribution in [0.4, 0.5) is 0 Å². The Balaban J connectivity index is 1.25. The van der Waals surface area contributed by atoms with Crippen molar-refractivity contribution in [3.05, 3.63) is 70.4 Å². The van der Waals surface area contributed by atoms with Gasteiger partial charge in [0.2, 0.25) is 5.91 Å². The number of thiophene rings is 1. The topological polar surface area (TPSA) is 92.7 Å². The fourth-order valence-corrected chi connectivity index (χ4v) is 6.65. The lowest BCUT2D eigenvalue weighted by Crippen LogP contribution is -2.50. The van der Waals surface area contributed by atoms with Gasteiger partial charge in [-0.1, -0.05) is 12.5 Å². The molecule has 9 heteroatoms. The van der Waals surface area contributed by atoms with Crippen molar-refractivity contribution < 1.29 is 19.1 Å². The van der Waals surface area contributed by atoms with Crippen LogP contribution in [0.5, 0.6) is 5.75 Å². The van der Waals surface area contributed by atoms with Gasteiger partial charge in [0.05, 0.1) is 23.1 Å². The van der Waals surface area contributed by atoms with Gasteiger partial charge in [0.25, 0.3) is 11.8 Å². The molecule has 1 spiro atoms. The lowest BCUT2D eigenvalue weighted by molar-refractivity contribution is -0.134. The maximum absolute atomic E-state index is 13.6. The number of rotatable bonds is 2. The molecule has 40 heavy (non-hydrogen) atoms. The average molecular weight is 563 g/mol. The molecule has 3 amide bonds. The minimum absolute atomic E-state index is 0.0233. The van der Waals surface area contributed by atoms with Gasteiger partial charge in [-0.2, -0.15) is 0 Å². The van der Waals surface area contributed by atoms with Gasteiger partial charge >= 0.3 is 0 Å². The van der Waals surface area contributed by atoms with E-state index in [0.717, 1.165) is 34.7 Å². The Kier molecular flexibility index (Phi) is 8.59. The lowest BCUT2D eigenvalue weighted by Gasteiger charge is -2.41. The summed E-state index contributed by atoms with van der Waals surface area (Å²) in [6, 6.07) is 11.5. The molecule has 0 unspecified atom stereocenters. The van der Waals surface area contributed by atoms with Crippen LogP contribution in [-0.4, -0.2) is 60.0 Å². The predicted octanol–water partition coefficient (Wildman–Crippen LogP) is 4.88. The van der Waals surface area contributed by atoms with Crippen LogP contribution in [-0.2, 0) is 4.79 Å². The Morgan fingerprint density at radius 2 is 1.70 bits per heavy atom. The summed E-state index contributed by atoms with van der Waals surface area (Å²) in [6.45, 7) is 6.52. The van der Waals surface area contributed by atoms with Crippen molar-refractivity contribution in [1.82, 2.24) is 20.1 Å². The molecule has 0 saturated carbocycles. The van der Waals surface area contributed by atoms with Gasteiger partial charge in [-0.05, 0) is 81.8 Å². The monoisotopic (exact) mass is 562 g/mol. The molecule has 212 valence electrons. The van der Waals surface area contributed by atoms with Crippen molar-refractivity contribution in [3.63, 3.8) is 0 Å². The highest BCUT2D eigenvalue weighted by Gasteiger charge is 2.42. The van der Waals surface area contributed by atoms with Crippen LogP contribution < -0.4 is 15.4 Å². The predicted molar refractivity (Wildman–Crippen MR) is 156 cm³/mol. The smallest absolute Gasteiger partial charge is 0.256 e. The van der Waals surface area contributed by atoms with Gasteiger partial charge in [0.15, 0.2) is 0 Å². The molecular weight excluding hydrogens is 524 g/mol. The van der Waals surface area contributed by atoms with E-state index in [1.165, 1.54) is 0 Å². The molecule has 2 aliphatic heterocycles. The maximum Gasteiger partial charge on any atom is 0.256 e. The second-order valence-corrected chi connectivity index (χ2v) is 12.1. The first-order valence-electron chi connectivity index (χ1n) is 14.2. The van der Waals surface area contributed by atoms with E-state index in [4.69, 9.17) is 4.74 Å². The standard InChI is InChI=1S/C31H38N4O4S/c1-22-8-9-24-26(20-22)39-19-7-14-33-30(38)31(10-3-4-13-32-27(24)36)11-17-34(18-12-31)28(37)25-21-23(2)40-29(25)35-15-5-6-16-35/h5-6,8-9,15-16,20-21H,3-4,7,10-14,17-19H2,1-2H3,(H,32,36)(H,33,38). The molecule has 0 radical (unpaired) electrons. The summed E-state index contributed by atoms with van der Waals surface area (Å²) < 4.78 is 7.94. The second-order valence-electron chi connectivity index (χ2n) is 10.9. The number of carbonyl (C=O) groups is 3. The third-order valence-corrected chi connectivity index (χ3v) is 9.07. The van der Waals surface area contributed by atoms with Crippen molar-refractivity contribution in [3.8, 4) is 10.8 Å². The van der Waals surface area contributed by atoms with Crippen LogP contribution in [0.2, 0.25) is 0 Å². The summed E-state index contributed by atoms with van der Waals surface area (Å²) in [5, 5.41) is 7.10. The van der Waals surface area contributed by atoms with Crippen LogP contribution in [0.1, 0.15) is 69.7 Å². The number of hydrogen-bond acceptors (Lipinski definition) is 5. The minimum Gasteiger partial charge on any atom is -0.493 e. The van der Waals surface area contributed by atoms with E-state index in [1.807, 2.05) is 72.1 Å². The quantitative estimate of drug-likeness (QED) is 0.466. The molecule has 8 nitrogen and oxygen atoms in total. The Labute approximate surface area is 239 Å². The third kappa shape index (κ3) is 6.09. The zero-order chi connectivity index (χ0) is 28.1. The first-order valence-corrected chi connectivity index (χ1v) is 15.0. The summed E-state index contributed by atoms with van der Waals surface area (Å²) in [4.78, 5) is 43.0. The molecule has 0 aliphatic carbocycles. The average Bonchev–Trinajstić information content (AvgIpc) is 3.62. The summed E-state index contributed by atoms with van der Waals surface area (Å²) in [6.07, 6.45) is 8.14. The molecule has 0 bridgehead atoms. The SMILES string of the molecule is Cc1ccc2c(c1)OCCCNC(=O)C1(CCCCNC2=O)CCN(C(=O)c2cc(C)sc2-n2cccc2)CC1. The number of likely N-dealkylation sites (tertiary alicyclic amines) is 1. The van der Waals surface area contributed by atoms with Gasteiger partial charge in [0.1, 0.15) is 10.8 Å². The van der Waals surface area contributed by atoms with E-state index < -0.39 is 5.41 Å². The van der Waals surface area contributed by atoms with Crippen LogP contribution in [0, 0.1) is 19.3 Å². The number of ether oxygens (including phenoxy) is 1. The number of benzene rings is 1. The van der Waals surface area contributed by atoms with Gasteiger partial charge in [-0.15, -0.1) is 11.3 Å². The second kappa shape index (κ2) is 12.3. The summed E-state index contributed by atoms with van der Waals surface area (Å²) in [7, 11) is 0. The normalized spacial score (nSPS) is 18.6. The molecule has 2 aliphatic rings. The number of hydrogen-bond donors (Lipinski definition) is 2. The fraction of sp³-hybridized carbons (Fsp3) is 0.452. The van der Waals surface area contributed by atoms with E-state index >= 15 is 0 Å². The first-order chi connectivity index (χ1) is 19.4. The summed E-state index contributed by atoms with van der Waals surface area (Å²) in [5.74, 6) is 0.529. The maximum atomic E-state index is 13.6. The first kappa shape index (κ1) is 28.0. The van der Waals surface area contributed by atoms with Crippen molar-refractivity contribution in [1.29, 1.82) is 0 Å². The van der Waals surface area contributed by atoms with Crippen LogP contribution in [0.15, 0.2) is 48.8 Å². The van der Waals surface area contributed by atoms with Crippen molar-refractivity contribution in [2.75, 3.05) is 32.8 Å². The zero-order valence-electron chi connectivity index (χ0n) is 23.3. The molecule has 3 aromatic rings. The number of nitrogens with one attached hydrogen (secondary N) is 2. The van der Waals surface area contributed by atoms with E-state index in [2.05, 4.69) is 10.6 Å². The Bertz CT molecular complexity index is 1360. The number of amides is 3. The highest BCUT2D eigenvalue weighted by atomic mass is 32.1. The van der Waals surface area contributed by atoms with Crippen molar-refractivity contribution >= 4 is 29.1 Å². The largest absolute Gasteiger partial charge is 0.493 e. The Hall–Kier alpha value is -3.59. The molecule has 1 aromatic carbocycles. The highest BCUT2D eigenvalue weighted by Crippen LogP contribution is 2.38. The van der Waals surface area contributed by atoms with Crippen molar-refractivity contribution in [2.45, 2.75) is 52.4 Å².